The highest BCUT2D eigenvalue weighted by molar-refractivity contribution is 8.00. The van der Waals surface area contributed by atoms with Gasteiger partial charge in [-0.1, -0.05) is 0 Å². The average Bonchev–Trinajstić information content (AvgIpc) is 2.90. The summed E-state index contributed by atoms with van der Waals surface area (Å²) in [5.74, 6) is 2.79. The number of hydrogen-bond donors (Lipinski definition) is 1. The molecule has 2 aliphatic rings. The molecule has 9 heteroatoms. The summed E-state index contributed by atoms with van der Waals surface area (Å²) in [4.78, 5) is 31.8. The second kappa shape index (κ2) is 5.41. The lowest BCUT2D eigenvalue weighted by atomic mass is 10.3. The Balaban J connectivity index is 2.02. The number of aromatic nitrogens is 4. The van der Waals surface area contributed by atoms with Crippen molar-refractivity contribution in [2.24, 2.45) is 14.1 Å². The summed E-state index contributed by atoms with van der Waals surface area (Å²) in [5.41, 5.74) is 0.452. The molecule has 2 aliphatic heterocycles. The quantitative estimate of drug-likeness (QED) is 0.768. The van der Waals surface area contributed by atoms with Crippen LogP contribution in [-0.4, -0.2) is 56.4 Å². The zero-order valence-electron chi connectivity index (χ0n) is 13.3. The Hall–Kier alpha value is -1.74. The number of fused-ring (bicyclic) bond motifs is 1. The zero-order valence-corrected chi connectivity index (χ0v) is 14.1. The van der Waals surface area contributed by atoms with Crippen molar-refractivity contribution in [3.8, 4) is 0 Å². The van der Waals surface area contributed by atoms with Gasteiger partial charge >= 0.3 is 5.69 Å². The molecule has 124 valence electrons. The maximum atomic E-state index is 12.7. The Morgan fingerprint density at radius 3 is 2.43 bits per heavy atom. The smallest absolute Gasteiger partial charge is 0.332 e. The van der Waals surface area contributed by atoms with Gasteiger partial charge in [0.15, 0.2) is 11.2 Å². The van der Waals surface area contributed by atoms with E-state index in [1.54, 1.807) is 7.05 Å². The van der Waals surface area contributed by atoms with Gasteiger partial charge in [-0.25, -0.2) is 4.79 Å². The van der Waals surface area contributed by atoms with E-state index in [1.807, 2.05) is 11.8 Å². The first-order valence-electron chi connectivity index (χ1n) is 7.81. The number of rotatable bonds is 2. The molecule has 0 bridgehead atoms. The highest BCUT2D eigenvalue weighted by Crippen LogP contribution is 2.35. The van der Waals surface area contributed by atoms with E-state index >= 15 is 0 Å². The van der Waals surface area contributed by atoms with Crippen LogP contribution in [0.15, 0.2) is 9.59 Å². The SMILES string of the molecule is Cn1c(=O)c2c(nc(N3CCNCC3)n2C2CSC2)n(C)c1=O. The minimum Gasteiger partial charge on any atom is -0.340 e. The molecule has 2 saturated heterocycles. The number of hydrogen-bond acceptors (Lipinski definition) is 6. The molecule has 0 spiro atoms. The van der Waals surface area contributed by atoms with E-state index in [4.69, 9.17) is 4.98 Å². The minimum atomic E-state index is -0.331. The molecule has 0 unspecified atom stereocenters. The Morgan fingerprint density at radius 2 is 1.83 bits per heavy atom. The first-order chi connectivity index (χ1) is 11.1. The molecule has 1 N–H and O–H groups in total. The maximum Gasteiger partial charge on any atom is 0.332 e. The van der Waals surface area contributed by atoms with Crippen LogP contribution in [0.4, 0.5) is 5.95 Å². The number of aryl methyl sites for hydroxylation is 1. The molecule has 0 saturated carbocycles. The van der Waals surface area contributed by atoms with Crippen LogP contribution in [0, 0.1) is 0 Å². The van der Waals surface area contributed by atoms with Gasteiger partial charge in [0, 0.05) is 51.8 Å². The van der Waals surface area contributed by atoms with Gasteiger partial charge in [0.05, 0.1) is 6.04 Å². The van der Waals surface area contributed by atoms with Gasteiger partial charge in [-0.05, 0) is 0 Å². The van der Waals surface area contributed by atoms with Gasteiger partial charge in [0.25, 0.3) is 5.56 Å². The predicted octanol–water partition coefficient (Wildman–Crippen LogP) is -0.869. The topological polar surface area (TPSA) is 77.1 Å². The summed E-state index contributed by atoms with van der Waals surface area (Å²) in [6.45, 7) is 3.52. The van der Waals surface area contributed by atoms with Crippen LogP contribution < -0.4 is 21.5 Å². The fourth-order valence-electron chi connectivity index (χ4n) is 3.21. The lowest BCUT2D eigenvalue weighted by Crippen LogP contribution is -2.45. The van der Waals surface area contributed by atoms with E-state index in [-0.39, 0.29) is 17.3 Å². The first kappa shape index (κ1) is 14.8. The summed E-state index contributed by atoms with van der Waals surface area (Å²) >= 11 is 1.87. The average molecular weight is 336 g/mol. The number of imidazole rings is 1. The molecule has 8 nitrogen and oxygen atoms in total. The van der Waals surface area contributed by atoms with Crippen LogP contribution in [0.5, 0.6) is 0 Å². The molecule has 4 heterocycles. The standard InChI is InChI=1S/C14H20N6O2S/c1-17-11-10(12(21)18(2)14(17)22)20(9-7-23-8-9)13(16-11)19-5-3-15-4-6-19/h9,15H,3-8H2,1-2H3. The van der Waals surface area contributed by atoms with E-state index in [2.05, 4.69) is 14.8 Å². The van der Waals surface area contributed by atoms with Crippen molar-refractivity contribution in [3.63, 3.8) is 0 Å². The third-order valence-electron chi connectivity index (χ3n) is 4.66. The second-order valence-corrected chi connectivity index (χ2v) is 7.16. The highest BCUT2D eigenvalue weighted by Gasteiger charge is 2.31. The lowest BCUT2D eigenvalue weighted by Gasteiger charge is -2.33. The molecular weight excluding hydrogens is 316 g/mol. The van der Waals surface area contributed by atoms with Gasteiger partial charge in [-0.2, -0.15) is 16.7 Å². The number of nitrogens with one attached hydrogen (secondary N) is 1. The largest absolute Gasteiger partial charge is 0.340 e. The monoisotopic (exact) mass is 336 g/mol. The van der Waals surface area contributed by atoms with Gasteiger partial charge in [0.2, 0.25) is 5.95 Å². The van der Waals surface area contributed by atoms with E-state index in [9.17, 15) is 9.59 Å². The van der Waals surface area contributed by atoms with Gasteiger partial charge in [-0.3, -0.25) is 18.5 Å². The van der Waals surface area contributed by atoms with Crippen molar-refractivity contribution < 1.29 is 0 Å². The number of piperazine rings is 1. The Bertz CT molecular complexity index is 872. The molecule has 2 aromatic rings. The Labute approximate surface area is 137 Å². The van der Waals surface area contributed by atoms with Gasteiger partial charge in [0.1, 0.15) is 0 Å². The highest BCUT2D eigenvalue weighted by atomic mass is 32.2. The van der Waals surface area contributed by atoms with Crippen LogP contribution in [0.3, 0.4) is 0 Å². The van der Waals surface area contributed by atoms with Crippen LogP contribution in [-0.2, 0) is 14.1 Å². The van der Waals surface area contributed by atoms with E-state index in [1.165, 1.54) is 16.2 Å². The van der Waals surface area contributed by atoms with E-state index in [0.717, 1.165) is 43.6 Å². The molecule has 4 rings (SSSR count). The van der Waals surface area contributed by atoms with Crippen molar-refractivity contribution in [1.82, 2.24) is 24.0 Å². The van der Waals surface area contributed by atoms with Gasteiger partial charge < -0.3 is 10.2 Å². The Morgan fingerprint density at radius 1 is 1.13 bits per heavy atom. The molecule has 0 aliphatic carbocycles. The fourth-order valence-corrected chi connectivity index (χ4v) is 3.95. The molecule has 0 amide bonds. The van der Waals surface area contributed by atoms with Crippen molar-refractivity contribution in [1.29, 1.82) is 0 Å². The van der Waals surface area contributed by atoms with E-state index < -0.39 is 0 Å². The maximum absolute atomic E-state index is 12.7. The van der Waals surface area contributed by atoms with Crippen LogP contribution in [0.2, 0.25) is 0 Å². The van der Waals surface area contributed by atoms with E-state index in [0.29, 0.717) is 11.2 Å². The molecule has 0 aromatic carbocycles. The Kier molecular flexibility index (Phi) is 3.49. The third kappa shape index (κ3) is 2.13. The number of anilines is 1. The summed E-state index contributed by atoms with van der Waals surface area (Å²) in [6.07, 6.45) is 0. The summed E-state index contributed by atoms with van der Waals surface area (Å²) in [7, 11) is 3.21. The molecule has 0 atom stereocenters. The van der Waals surface area contributed by atoms with Crippen LogP contribution in [0.25, 0.3) is 11.2 Å². The zero-order chi connectivity index (χ0) is 16.1. The summed E-state index contributed by atoms with van der Waals surface area (Å²) in [5, 5.41) is 3.33. The normalized spacial score (nSPS) is 19.3. The summed E-state index contributed by atoms with van der Waals surface area (Å²) < 4.78 is 4.72. The predicted molar refractivity (Wildman–Crippen MR) is 91.7 cm³/mol. The first-order valence-corrected chi connectivity index (χ1v) is 8.96. The fraction of sp³-hybridized carbons (Fsp3) is 0.643. The summed E-state index contributed by atoms with van der Waals surface area (Å²) in [6, 6.07) is 0.278. The molecular formula is C14H20N6O2S. The van der Waals surface area contributed by atoms with Crippen LogP contribution >= 0.6 is 11.8 Å². The van der Waals surface area contributed by atoms with Crippen LogP contribution in [0.1, 0.15) is 6.04 Å². The van der Waals surface area contributed by atoms with Crippen molar-refractivity contribution >= 4 is 28.9 Å². The molecule has 2 fully saturated rings. The molecule has 0 radical (unpaired) electrons. The lowest BCUT2D eigenvalue weighted by molar-refractivity contribution is 0.545. The van der Waals surface area contributed by atoms with Gasteiger partial charge in [-0.15, -0.1) is 0 Å². The molecule has 2 aromatic heterocycles. The van der Waals surface area contributed by atoms with Crippen molar-refractivity contribution in [3.05, 3.63) is 20.8 Å². The van der Waals surface area contributed by atoms with Crippen molar-refractivity contribution in [2.75, 3.05) is 42.6 Å². The molecule has 23 heavy (non-hydrogen) atoms. The third-order valence-corrected chi connectivity index (χ3v) is 5.90. The second-order valence-electron chi connectivity index (χ2n) is 6.09. The number of thioether (sulfide) groups is 1. The van der Waals surface area contributed by atoms with Crippen molar-refractivity contribution in [2.45, 2.75) is 6.04 Å². The number of nitrogens with zero attached hydrogens (tertiary/aromatic N) is 5. The minimum absolute atomic E-state index is 0.256.